The van der Waals surface area contributed by atoms with Crippen LogP contribution in [-0.4, -0.2) is 37.4 Å². The van der Waals surface area contributed by atoms with Crippen LogP contribution >= 0.6 is 0 Å². The van der Waals surface area contributed by atoms with Crippen LogP contribution in [0.2, 0.25) is 19.6 Å². The lowest BCUT2D eigenvalue weighted by atomic mass is 10.2. The first-order chi connectivity index (χ1) is 13.5. The van der Waals surface area contributed by atoms with Crippen molar-refractivity contribution >= 4 is 37.1 Å². The lowest BCUT2D eigenvalue weighted by molar-refractivity contribution is 0.0545. The molecule has 8 heteroatoms. The van der Waals surface area contributed by atoms with Crippen molar-refractivity contribution in [3.8, 4) is 12.3 Å². The van der Waals surface area contributed by atoms with Gasteiger partial charge in [0, 0.05) is 5.56 Å². The number of guanidine groups is 1. The van der Waals surface area contributed by atoms with Gasteiger partial charge in [-0.2, -0.15) is 0 Å². The second-order valence-electron chi connectivity index (χ2n) is 9.84. The summed E-state index contributed by atoms with van der Waals surface area (Å²) in [5, 5.41) is 6.08. The zero-order valence-corrected chi connectivity index (χ0v) is 20.4. The quantitative estimate of drug-likeness (QED) is 0.317. The maximum Gasteiger partial charge on any atom is 0.414 e. The number of nitrogens with one attached hydrogen (secondary N) is 2. The van der Waals surface area contributed by atoms with Gasteiger partial charge in [-0.1, -0.05) is 36.8 Å². The van der Waals surface area contributed by atoms with E-state index in [9.17, 15) is 9.59 Å². The normalized spacial score (nSPS) is 11.7. The summed E-state index contributed by atoms with van der Waals surface area (Å²) in [5.74, 6) is 2.48. The Balaban J connectivity index is 3.29. The minimum atomic E-state index is -1.57. The molecule has 2 amide bonds. The Morgan fingerprint density at radius 1 is 0.967 bits per heavy atom. The monoisotopic (exact) mass is 431 g/mol. The molecule has 7 nitrogen and oxygen atoms in total. The second kappa shape index (κ2) is 9.35. The molecule has 0 aliphatic heterocycles. The fourth-order valence-corrected chi connectivity index (χ4v) is 3.38. The molecule has 1 aromatic carbocycles. The number of carbonyl (C=O) groups is 2. The molecular weight excluding hydrogens is 398 g/mol. The summed E-state index contributed by atoms with van der Waals surface area (Å²) in [4.78, 5) is 28.8. The lowest BCUT2D eigenvalue weighted by Crippen LogP contribution is -2.47. The number of ether oxygens (including phenoxy) is 2. The van der Waals surface area contributed by atoms with E-state index in [1.807, 2.05) is 12.1 Å². The van der Waals surface area contributed by atoms with Crippen molar-refractivity contribution in [3.63, 3.8) is 0 Å². The molecule has 0 atom stereocenters. The predicted molar refractivity (Wildman–Crippen MR) is 123 cm³/mol. The van der Waals surface area contributed by atoms with Crippen LogP contribution in [0.4, 0.5) is 15.3 Å². The summed E-state index contributed by atoms with van der Waals surface area (Å²) in [6, 6.07) is 5.66. The van der Waals surface area contributed by atoms with Gasteiger partial charge in [-0.25, -0.2) is 14.6 Å². The van der Waals surface area contributed by atoms with Gasteiger partial charge >= 0.3 is 12.2 Å². The molecule has 164 valence electrons. The number of hydrogen-bond donors (Lipinski definition) is 2. The number of nitrogens with zero attached hydrogens (tertiary/aromatic N) is 1. The number of benzene rings is 1. The van der Waals surface area contributed by atoms with Crippen LogP contribution in [0, 0.1) is 12.3 Å². The highest BCUT2D eigenvalue weighted by molar-refractivity contribution is 6.88. The van der Waals surface area contributed by atoms with E-state index in [4.69, 9.17) is 15.9 Å². The SMILES string of the molecule is C#Cc1cc([Si](C)(C)C)ccc1N=C(NC(=O)OC(C)(C)C)NC(=O)OC(C)(C)C. The molecule has 0 fully saturated rings. The van der Waals surface area contributed by atoms with Crippen LogP contribution in [0.15, 0.2) is 23.2 Å². The Kier molecular flexibility index (Phi) is 7.87. The van der Waals surface area contributed by atoms with Gasteiger partial charge in [0.15, 0.2) is 0 Å². The molecular formula is C22H33N3O4Si. The van der Waals surface area contributed by atoms with Crippen LogP contribution in [0.3, 0.4) is 0 Å². The van der Waals surface area contributed by atoms with Crippen LogP contribution < -0.4 is 15.8 Å². The van der Waals surface area contributed by atoms with Gasteiger partial charge < -0.3 is 9.47 Å². The Morgan fingerprint density at radius 2 is 1.43 bits per heavy atom. The number of rotatable bonds is 2. The van der Waals surface area contributed by atoms with E-state index in [2.05, 4.69) is 41.2 Å². The first-order valence-corrected chi connectivity index (χ1v) is 13.2. The Labute approximate surface area is 180 Å². The zero-order valence-electron chi connectivity index (χ0n) is 19.4. The highest BCUT2D eigenvalue weighted by atomic mass is 28.3. The molecule has 0 aromatic heterocycles. The smallest absolute Gasteiger partial charge is 0.414 e. The largest absolute Gasteiger partial charge is 0.444 e. The highest BCUT2D eigenvalue weighted by Crippen LogP contribution is 2.19. The zero-order chi connectivity index (χ0) is 23.3. The van der Waals surface area contributed by atoms with Crippen molar-refractivity contribution < 1.29 is 19.1 Å². The molecule has 0 heterocycles. The van der Waals surface area contributed by atoms with E-state index in [-0.39, 0.29) is 5.96 Å². The average molecular weight is 432 g/mol. The summed E-state index contributed by atoms with van der Waals surface area (Å²) < 4.78 is 10.5. The molecule has 0 unspecified atom stereocenters. The molecule has 0 bridgehead atoms. The average Bonchev–Trinajstić information content (AvgIpc) is 2.50. The van der Waals surface area contributed by atoms with Crippen molar-refractivity contribution in [2.24, 2.45) is 4.99 Å². The molecule has 2 N–H and O–H groups in total. The Hall–Kier alpha value is -2.79. The topological polar surface area (TPSA) is 89.0 Å². The van der Waals surface area contributed by atoms with Gasteiger partial charge in [-0.05, 0) is 53.7 Å². The molecule has 0 spiro atoms. The van der Waals surface area contributed by atoms with Gasteiger partial charge in [-0.3, -0.25) is 10.6 Å². The number of alkyl carbamates (subject to hydrolysis) is 2. The third kappa shape index (κ3) is 9.14. The molecule has 0 radical (unpaired) electrons. The number of terminal acetylenes is 1. The van der Waals surface area contributed by atoms with E-state index in [0.29, 0.717) is 11.3 Å². The third-order valence-electron chi connectivity index (χ3n) is 3.49. The van der Waals surface area contributed by atoms with E-state index < -0.39 is 31.5 Å². The minimum Gasteiger partial charge on any atom is -0.444 e. The molecule has 0 aliphatic rings. The van der Waals surface area contributed by atoms with Gasteiger partial charge in [0.2, 0.25) is 5.96 Å². The van der Waals surface area contributed by atoms with Crippen LogP contribution in [0.25, 0.3) is 0 Å². The fourth-order valence-electron chi connectivity index (χ4n) is 2.22. The molecule has 0 aliphatic carbocycles. The van der Waals surface area contributed by atoms with Crippen LogP contribution in [0.1, 0.15) is 47.1 Å². The molecule has 0 saturated heterocycles. The van der Waals surface area contributed by atoms with Crippen molar-refractivity contribution in [1.29, 1.82) is 0 Å². The van der Waals surface area contributed by atoms with Gasteiger partial charge in [0.1, 0.15) is 11.2 Å². The van der Waals surface area contributed by atoms with Gasteiger partial charge in [0.05, 0.1) is 13.8 Å². The Morgan fingerprint density at radius 3 is 1.80 bits per heavy atom. The van der Waals surface area contributed by atoms with Crippen molar-refractivity contribution in [3.05, 3.63) is 23.8 Å². The summed E-state index contributed by atoms with van der Waals surface area (Å²) in [5.41, 5.74) is -0.445. The first-order valence-electron chi connectivity index (χ1n) is 9.70. The van der Waals surface area contributed by atoms with Crippen LogP contribution in [-0.2, 0) is 9.47 Å². The van der Waals surface area contributed by atoms with Crippen molar-refractivity contribution in [1.82, 2.24) is 10.6 Å². The predicted octanol–water partition coefficient (Wildman–Crippen LogP) is 4.25. The molecule has 30 heavy (non-hydrogen) atoms. The van der Waals surface area contributed by atoms with Gasteiger partial charge in [-0.15, -0.1) is 6.42 Å². The van der Waals surface area contributed by atoms with E-state index in [0.717, 1.165) is 0 Å². The fraction of sp³-hybridized carbons (Fsp3) is 0.500. The molecule has 0 saturated carbocycles. The summed E-state index contributed by atoms with van der Waals surface area (Å²) in [6.45, 7) is 17.0. The number of carbonyl (C=O) groups excluding carboxylic acids is 2. The standard InChI is InChI=1S/C22H33N3O4Si/c1-11-15-14-16(30(8,9)10)12-13-17(15)23-18(24-19(26)28-21(2,3)4)25-20(27)29-22(5,6)7/h1,12-14H,2-10H3,(H2,23,24,25,26,27). The first kappa shape index (κ1) is 25.2. The molecule has 1 rings (SSSR count). The summed E-state index contributed by atoms with van der Waals surface area (Å²) in [6.07, 6.45) is 4.15. The lowest BCUT2D eigenvalue weighted by Gasteiger charge is -2.22. The number of amides is 2. The van der Waals surface area contributed by atoms with Crippen molar-refractivity contribution in [2.45, 2.75) is 72.4 Å². The van der Waals surface area contributed by atoms with E-state index in [1.165, 1.54) is 5.19 Å². The van der Waals surface area contributed by atoms with Gasteiger partial charge in [0.25, 0.3) is 0 Å². The summed E-state index contributed by atoms with van der Waals surface area (Å²) >= 11 is 0. The van der Waals surface area contributed by atoms with Crippen molar-refractivity contribution in [2.75, 3.05) is 0 Å². The molecule has 1 aromatic rings. The Bertz CT molecular complexity index is 834. The second-order valence-corrected chi connectivity index (χ2v) is 14.9. The summed E-state index contributed by atoms with van der Waals surface area (Å²) in [7, 11) is -1.57. The maximum absolute atomic E-state index is 12.2. The third-order valence-corrected chi connectivity index (χ3v) is 5.53. The highest BCUT2D eigenvalue weighted by Gasteiger charge is 2.22. The van der Waals surface area contributed by atoms with E-state index in [1.54, 1.807) is 47.6 Å². The minimum absolute atomic E-state index is 0.143. The number of aliphatic imine (C=N–C) groups is 1. The maximum atomic E-state index is 12.2. The number of hydrogen-bond acceptors (Lipinski definition) is 5. The van der Waals surface area contributed by atoms with E-state index >= 15 is 0 Å². The van der Waals surface area contributed by atoms with Crippen LogP contribution in [0.5, 0.6) is 0 Å².